The van der Waals surface area contributed by atoms with Gasteiger partial charge in [-0.2, -0.15) is 0 Å². The van der Waals surface area contributed by atoms with Gasteiger partial charge in [0.05, 0.1) is 13.1 Å². The summed E-state index contributed by atoms with van der Waals surface area (Å²) >= 11 is 0. The zero-order chi connectivity index (χ0) is 20.5. The van der Waals surface area contributed by atoms with Crippen LogP contribution in [-0.2, 0) is 0 Å². The van der Waals surface area contributed by atoms with Crippen molar-refractivity contribution in [2.24, 2.45) is 5.92 Å². The molecule has 3 nitrogen and oxygen atoms in total. The third kappa shape index (κ3) is 25.6. The second-order valence-corrected chi connectivity index (χ2v) is 8.22. The van der Waals surface area contributed by atoms with Crippen LogP contribution in [0.3, 0.4) is 0 Å². The molecule has 0 aliphatic carbocycles. The summed E-state index contributed by atoms with van der Waals surface area (Å²) in [6.45, 7) is 6.56. The highest BCUT2D eigenvalue weighted by atomic mass is 35.5. The molecule has 0 bridgehead atoms. The number of rotatable bonds is 23. The number of halogens is 1. The maximum absolute atomic E-state index is 9.03. The number of hydrogen-bond acceptors (Lipinski definition) is 2. The first-order valence-corrected chi connectivity index (χ1v) is 12.1. The minimum atomic E-state index is 0. The predicted molar refractivity (Wildman–Crippen MR) is 123 cm³/mol. The van der Waals surface area contributed by atoms with E-state index >= 15 is 0 Å². The van der Waals surface area contributed by atoms with Gasteiger partial charge in [-0.15, -0.1) is 0 Å². The zero-order valence-corrected chi connectivity index (χ0v) is 19.8. The van der Waals surface area contributed by atoms with Gasteiger partial charge >= 0.3 is 0 Å². The molecule has 29 heavy (non-hydrogen) atoms. The molecule has 0 aromatic heterocycles. The monoisotopic (exact) mass is 431 g/mol. The van der Waals surface area contributed by atoms with E-state index in [2.05, 4.69) is 24.0 Å². The summed E-state index contributed by atoms with van der Waals surface area (Å²) in [5.74, 6) is 0.513. The number of nitrogens with two attached hydrogens (primary N) is 1. The van der Waals surface area contributed by atoms with Crippen molar-refractivity contribution in [1.29, 1.82) is 0 Å². The molecule has 0 amide bonds. The molecular formula is C25H50ClNO2. The number of quaternary nitrogens is 1. The molecule has 0 saturated heterocycles. The Morgan fingerprint density at radius 1 is 0.655 bits per heavy atom. The Bertz CT molecular complexity index is 331. The Morgan fingerprint density at radius 3 is 1.66 bits per heavy atom. The number of aliphatic hydroxyl groups is 2. The molecule has 0 spiro atoms. The summed E-state index contributed by atoms with van der Waals surface area (Å²) in [6.07, 6.45) is 26.9. The van der Waals surface area contributed by atoms with Crippen molar-refractivity contribution < 1.29 is 27.9 Å². The lowest BCUT2D eigenvalue weighted by Gasteiger charge is -2.13. The molecule has 0 aromatic carbocycles. The highest BCUT2D eigenvalue weighted by molar-refractivity contribution is 4.81. The van der Waals surface area contributed by atoms with E-state index in [-0.39, 0.29) is 25.6 Å². The van der Waals surface area contributed by atoms with E-state index in [0.717, 1.165) is 25.8 Å². The average molecular weight is 432 g/mol. The fourth-order valence-corrected chi connectivity index (χ4v) is 3.75. The van der Waals surface area contributed by atoms with Crippen molar-refractivity contribution >= 4 is 0 Å². The topological polar surface area (TPSA) is 57.1 Å². The van der Waals surface area contributed by atoms with Crippen LogP contribution in [0.25, 0.3) is 0 Å². The third-order valence-corrected chi connectivity index (χ3v) is 5.59. The second kappa shape index (κ2) is 27.6. The van der Waals surface area contributed by atoms with Crippen LogP contribution in [0.4, 0.5) is 0 Å². The Morgan fingerprint density at radius 2 is 1.14 bits per heavy atom. The average Bonchev–Trinajstić information content (AvgIpc) is 2.70. The molecule has 0 atom stereocenters. The molecular weight excluding hydrogens is 382 g/mol. The minimum absolute atomic E-state index is 0. The van der Waals surface area contributed by atoms with E-state index < -0.39 is 0 Å². The first-order valence-electron chi connectivity index (χ1n) is 12.1. The van der Waals surface area contributed by atoms with Crippen LogP contribution in [0.2, 0.25) is 0 Å². The molecule has 0 aromatic rings. The Labute approximate surface area is 187 Å². The van der Waals surface area contributed by atoms with Crippen molar-refractivity contribution in [3.63, 3.8) is 0 Å². The lowest BCUT2D eigenvalue weighted by Crippen LogP contribution is -3.00. The van der Waals surface area contributed by atoms with Crippen LogP contribution in [0, 0.1) is 5.92 Å². The van der Waals surface area contributed by atoms with Gasteiger partial charge in [0.1, 0.15) is 0 Å². The quantitative estimate of drug-likeness (QED) is 0.171. The lowest BCUT2D eigenvalue weighted by atomic mass is 9.95. The van der Waals surface area contributed by atoms with E-state index in [1.165, 1.54) is 90.0 Å². The van der Waals surface area contributed by atoms with Gasteiger partial charge < -0.3 is 27.9 Å². The molecule has 0 saturated carbocycles. The highest BCUT2D eigenvalue weighted by Crippen LogP contribution is 2.18. The van der Waals surface area contributed by atoms with Crippen LogP contribution in [0.15, 0.2) is 24.8 Å². The molecule has 0 rings (SSSR count). The summed E-state index contributed by atoms with van der Waals surface area (Å²) in [7, 11) is 0. The Balaban J connectivity index is 0. The fraction of sp³-hybridized carbons (Fsp3) is 0.840. The van der Waals surface area contributed by atoms with Crippen LogP contribution in [-0.4, -0.2) is 36.5 Å². The molecule has 0 unspecified atom stereocenters. The number of hydrogen-bond donors (Lipinski definition) is 3. The minimum Gasteiger partial charge on any atom is -1.00 e. The molecule has 4 heteroatoms. The van der Waals surface area contributed by atoms with Gasteiger partial charge in [0.25, 0.3) is 0 Å². The number of unbranched alkanes of at least 4 members (excludes halogenated alkanes) is 11. The van der Waals surface area contributed by atoms with Gasteiger partial charge in [-0.25, -0.2) is 0 Å². The van der Waals surface area contributed by atoms with Gasteiger partial charge in [-0.05, 0) is 63.4 Å². The molecule has 0 aliphatic heterocycles. The summed E-state index contributed by atoms with van der Waals surface area (Å²) in [5.41, 5.74) is 0. The molecule has 0 fully saturated rings. The summed E-state index contributed by atoms with van der Waals surface area (Å²) < 4.78 is 0. The maximum Gasteiger partial charge on any atom is 0.0939 e. The Hall–Kier alpha value is -0.350. The van der Waals surface area contributed by atoms with Crippen molar-refractivity contribution in [2.75, 3.05) is 26.3 Å². The van der Waals surface area contributed by atoms with Crippen molar-refractivity contribution in [2.45, 2.75) is 103 Å². The van der Waals surface area contributed by atoms with Gasteiger partial charge in [-0.3, -0.25) is 0 Å². The zero-order valence-electron chi connectivity index (χ0n) is 19.0. The van der Waals surface area contributed by atoms with Gasteiger partial charge in [0.2, 0.25) is 0 Å². The smallest absolute Gasteiger partial charge is 0.0939 e. The normalized spacial score (nSPS) is 11.3. The molecule has 4 N–H and O–H groups in total. The second-order valence-electron chi connectivity index (χ2n) is 8.22. The number of aliphatic hydroxyl groups excluding tert-OH is 2. The SMILES string of the molecule is C=CC[NH2+]CCCCCCCCC=CCCCCCCCC(CCO)CCO.[Cl-]. The molecule has 174 valence electrons. The van der Waals surface area contributed by atoms with E-state index in [1.807, 2.05) is 6.08 Å². The fourth-order valence-electron chi connectivity index (χ4n) is 3.75. The predicted octanol–water partition coefficient (Wildman–Crippen LogP) is 2.14. The largest absolute Gasteiger partial charge is 1.00 e. The van der Waals surface area contributed by atoms with Gasteiger partial charge in [-0.1, -0.05) is 70.1 Å². The first-order chi connectivity index (χ1) is 13.8. The van der Waals surface area contributed by atoms with Gasteiger partial charge in [0.15, 0.2) is 0 Å². The third-order valence-electron chi connectivity index (χ3n) is 5.59. The lowest BCUT2D eigenvalue weighted by molar-refractivity contribution is -0.646. The van der Waals surface area contributed by atoms with Crippen LogP contribution >= 0.6 is 0 Å². The van der Waals surface area contributed by atoms with Crippen molar-refractivity contribution in [1.82, 2.24) is 0 Å². The number of allylic oxidation sites excluding steroid dienone is 2. The van der Waals surface area contributed by atoms with Crippen LogP contribution in [0.5, 0.6) is 0 Å². The molecule has 0 heterocycles. The van der Waals surface area contributed by atoms with E-state index in [4.69, 9.17) is 10.2 Å². The molecule has 0 aliphatic rings. The highest BCUT2D eigenvalue weighted by Gasteiger charge is 2.06. The first kappa shape index (κ1) is 30.8. The van der Waals surface area contributed by atoms with Crippen LogP contribution in [0.1, 0.15) is 103 Å². The summed E-state index contributed by atoms with van der Waals surface area (Å²) in [4.78, 5) is 0. The van der Waals surface area contributed by atoms with E-state index in [1.54, 1.807) is 0 Å². The summed E-state index contributed by atoms with van der Waals surface area (Å²) in [6, 6.07) is 0. The standard InChI is InChI=1S/C25H49NO2.ClH/c1-2-21-26-22-17-15-13-11-9-7-5-3-4-6-8-10-12-14-16-18-25(19-23-27)20-24-28;/h2-4,25-28H,1,5-24H2;1H. The van der Waals surface area contributed by atoms with Crippen molar-refractivity contribution in [3.8, 4) is 0 Å². The van der Waals surface area contributed by atoms with Gasteiger partial charge in [0, 0.05) is 13.2 Å². The molecule has 0 radical (unpaired) electrons. The van der Waals surface area contributed by atoms with E-state index in [0.29, 0.717) is 5.92 Å². The van der Waals surface area contributed by atoms with E-state index in [9.17, 15) is 0 Å². The van der Waals surface area contributed by atoms with Crippen LogP contribution < -0.4 is 17.7 Å². The Kier molecular flexibility index (Phi) is 29.4. The van der Waals surface area contributed by atoms with Crippen molar-refractivity contribution in [3.05, 3.63) is 24.8 Å². The summed E-state index contributed by atoms with van der Waals surface area (Å²) in [5, 5.41) is 20.4. The maximum atomic E-state index is 9.03.